The molecule has 0 bridgehead atoms. The van der Waals surface area contributed by atoms with E-state index in [9.17, 15) is 0 Å². The summed E-state index contributed by atoms with van der Waals surface area (Å²) < 4.78 is 0. The van der Waals surface area contributed by atoms with Crippen LogP contribution in [0, 0.1) is 5.41 Å². The summed E-state index contributed by atoms with van der Waals surface area (Å²) in [6.07, 6.45) is 4.27. The highest BCUT2D eigenvalue weighted by Gasteiger charge is 2.35. The average Bonchev–Trinajstić information content (AvgIpc) is 2.98. The topological polar surface area (TPSA) is 12.5 Å². The van der Waals surface area contributed by atoms with Gasteiger partial charge < -0.3 is 4.84 Å². The van der Waals surface area contributed by atoms with Gasteiger partial charge in [0.2, 0.25) is 0 Å². The predicted octanol–water partition coefficient (Wildman–Crippen LogP) is 5.37. The minimum atomic E-state index is 0.142. The Bertz CT molecular complexity index is 670. The molecule has 1 aliphatic heterocycles. The molecule has 2 aromatic carbocycles. The molecule has 0 saturated heterocycles. The van der Waals surface area contributed by atoms with E-state index in [-0.39, 0.29) is 5.41 Å². The fourth-order valence-corrected chi connectivity index (χ4v) is 3.11. The van der Waals surface area contributed by atoms with Crippen molar-refractivity contribution in [2.45, 2.75) is 46.2 Å². The van der Waals surface area contributed by atoms with E-state index in [1.54, 1.807) is 0 Å². The molecule has 0 saturated carbocycles. The van der Waals surface area contributed by atoms with Crippen LogP contribution in [-0.2, 0) is 17.8 Å². The molecule has 0 aromatic heterocycles. The lowest BCUT2D eigenvalue weighted by molar-refractivity contribution is -0.147. The lowest BCUT2D eigenvalue weighted by Gasteiger charge is -2.32. The average molecular weight is 321 g/mol. The van der Waals surface area contributed by atoms with Crippen LogP contribution in [0.1, 0.15) is 38.3 Å². The molecule has 24 heavy (non-hydrogen) atoms. The number of hydroxylamine groups is 2. The Morgan fingerprint density at radius 3 is 2.00 bits per heavy atom. The van der Waals surface area contributed by atoms with Gasteiger partial charge in [0.1, 0.15) is 5.76 Å². The summed E-state index contributed by atoms with van der Waals surface area (Å²) in [6.45, 7) is 7.63. The van der Waals surface area contributed by atoms with Gasteiger partial charge in [-0.3, -0.25) is 0 Å². The van der Waals surface area contributed by atoms with Crippen LogP contribution >= 0.6 is 0 Å². The lowest BCUT2D eigenvalue weighted by atomic mass is 9.86. The smallest absolute Gasteiger partial charge is 0.122 e. The Labute approximate surface area is 145 Å². The summed E-state index contributed by atoms with van der Waals surface area (Å²) in [6, 6.07) is 21.4. The molecule has 0 amide bonds. The first-order valence-electron chi connectivity index (χ1n) is 8.75. The SMILES string of the molecule is CC(C)(C)C1C=C(CCc2ccccc2)ON1Cc1ccccc1. The van der Waals surface area contributed by atoms with Gasteiger partial charge >= 0.3 is 0 Å². The van der Waals surface area contributed by atoms with Crippen LogP contribution < -0.4 is 0 Å². The van der Waals surface area contributed by atoms with Gasteiger partial charge in [-0.1, -0.05) is 81.4 Å². The maximum absolute atomic E-state index is 6.22. The minimum absolute atomic E-state index is 0.142. The number of aryl methyl sites for hydroxylation is 1. The molecule has 1 heterocycles. The maximum atomic E-state index is 6.22. The van der Waals surface area contributed by atoms with Crippen molar-refractivity contribution < 1.29 is 4.84 Å². The Morgan fingerprint density at radius 2 is 1.42 bits per heavy atom. The molecule has 1 atom stereocenters. The van der Waals surface area contributed by atoms with Gasteiger partial charge in [0.15, 0.2) is 0 Å². The van der Waals surface area contributed by atoms with Gasteiger partial charge in [-0.2, -0.15) is 0 Å². The monoisotopic (exact) mass is 321 g/mol. The van der Waals surface area contributed by atoms with Crippen molar-refractivity contribution in [1.29, 1.82) is 0 Å². The van der Waals surface area contributed by atoms with Gasteiger partial charge in [-0.05, 0) is 29.0 Å². The highest BCUT2D eigenvalue weighted by molar-refractivity contribution is 5.19. The first kappa shape index (κ1) is 16.8. The third-order valence-corrected chi connectivity index (χ3v) is 4.46. The Balaban J connectivity index is 1.68. The lowest BCUT2D eigenvalue weighted by Crippen LogP contribution is -2.38. The van der Waals surface area contributed by atoms with E-state index in [0.717, 1.165) is 25.1 Å². The molecule has 0 spiro atoms. The van der Waals surface area contributed by atoms with E-state index >= 15 is 0 Å². The molecule has 126 valence electrons. The summed E-state index contributed by atoms with van der Waals surface area (Å²) in [5.74, 6) is 1.09. The normalized spacial score (nSPS) is 18.3. The van der Waals surface area contributed by atoms with Crippen LogP contribution in [0.4, 0.5) is 0 Å². The minimum Gasteiger partial charge on any atom is -0.410 e. The summed E-state index contributed by atoms with van der Waals surface area (Å²) in [7, 11) is 0. The molecule has 0 radical (unpaired) electrons. The fourth-order valence-electron chi connectivity index (χ4n) is 3.11. The van der Waals surface area contributed by atoms with Crippen molar-refractivity contribution in [3.8, 4) is 0 Å². The number of hydrogen-bond donors (Lipinski definition) is 0. The van der Waals surface area contributed by atoms with Crippen molar-refractivity contribution in [2.75, 3.05) is 0 Å². The zero-order valence-electron chi connectivity index (χ0n) is 14.9. The van der Waals surface area contributed by atoms with E-state index in [4.69, 9.17) is 4.84 Å². The van der Waals surface area contributed by atoms with Crippen LogP contribution in [0.15, 0.2) is 72.5 Å². The second kappa shape index (κ2) is 7.23. The van der Waals surface area contributed by atoms with E-state index in [0.29, 0.717) is 6.04 Å². The van der Waals surface area contributed by atoms with Gasteiger partial charge in [0.25, 0.3) is 0 Å². The number of benzene rings is 2. The summed E-state index contributed by atoms with van der Waals surface area (Å²) in [5.41, 5.74) is 2.78. The second-order valence-electron chi connectivity index (χ2n) is 7.58. The molecule has 0 fully saturated rings. The third-order valence-electron chi connectivity index (χ3n) is 4.46. The van der Waals surface area contributed by atoms with Crippen molar-refractivity contribution in [3.05, 3.63) is 83.6 Å². The molecular formula is C22H27NO. The first-order valence-corrected chi connectivity index (χ1v) is 8.75. The van der Waals surface area contributed by atoms with Gasteiger partial charge in [0.05, 0.1) is 12.6 Å². The summed E-state index contributed by atoms with van der Waals surface area (Å²) in [5, 5.41) is 2.13. The molecule has 0 aliphatic carbocycles. The van der Waals surface area contributed by atoms with E-state index < -0.39 is 0 Å². The van der Waals surface area contributed by atoms with E-state index in [1.807, 2.05) is 0 Å². The first-order chi connectivity index (χ1) is 11.5. The fraction of sp³-hybridized carbons (Fsp3) is 0.364. The Hall–Kier alpha value is -2.06. The molecule has 3 rings (SSSR count). The zero-order valence-corrected chi connectivity index (χ0v) is 14.9. The van der Waals surface area contributed by atoms with E-state index in [2.05, 4.69) is 92.6 Å². The maximum Gasteiger partial charge on any atom is 0.122 e. The van der Waals surface area contributed by atoms with Gasteiger partial charge in [0, 0.05) is 6.42 Å². The Kier molecular flexibility index (Phi) is 5.06. The molecule has 1 unspecified atom stereocenters. The number of allylic oxidation sites excluding steroid dienone is 1. The van der Waals surface area contributed by atoms with Crippen molar-refractivity contribution in [2.24, 2.45) is 5.41 Å². The van der Waals surface area contributed by atoms with Gasteiger partial charge in [-0.25, -0.2) is 0 Å². The molecular weight excluding hydrogens is 294 g/mol. The van der Waals surface area contributed by atoms with E-state index in [1.165, 1.54) is 11.1 Å². The quantitative estimate of drug-likeness (QED) is 0.734. The summed E-state index contributed by atoms with van der Waals surface area (Å²) >= 11 is 0. The summed E-state index contributed by atoms with van der Waals surface area (Å²) in [4.78, 5) is 6.22. The standard InChI is InChI=1S/C22H27NO/c1-22(2,3)21-16-20(15-14-18-10-6-4-7-11-18)24-23(21)17-19-12-8-5-9-13-19/h4-13,16,21H,14-15,17H2,1-3H3. The third kappa shape index (κ3) is 4.27. The van der Waals surface area contributed by atoms with Crippen LogP contribution in [0.3, 0.4) is 0 Å². The van der Waals surface area contributed by atoms with Crippen LogP contribution in [0.25, 0.3) is 0 Å². The molecule has 0 N–H and O–H groups in total. The molecule has 2 aromatic rings. The number of nitrogens with zero attached hydrogens (tertiary/aromatic N) is 1. The predicted molar refractivity (Wildman–Crippen MR) is 99.2 cm³/mol. The van der Waals surface area contributed by atoms with Crippen LogP contribution in [0.2, 0.25) is 0 Å². The molecule has 1 aliphatic rings. The highest BCUT2D eigenvalue weighted by atomic mass is 16.7. The number of rotatable bonds is 5. The molecule has 2 heteroatoms. The molecule has 2 nitrogen and oxygen atoms in total. The number of hydrogen-bond acceptors (Lipinski definition) is 2. The van der Waals surface area contributed by atoms with Gasteiger partial charge in [-0.15, -0.1) is 5.06 Å². The second-order valence-corrected chi connectivity index (χ2v) is 7.58. The zero-order chi connectivity index (χ0) is 17.0. The van der Waals surface area contributed by atoms with Crippen molar-refractivity contribution >= 4 is 0 Å². The Morgan fingerprint density at radius 1 is 0.833 bits per heavy atom. The highest BCUT2D eigenvalue weighted by Crippen LogP contribution is 2.34. The largest absolute Gasteiger partial charge is 0.410 e. The van der Waals surface area contributed by atoms with Crippen LogP contribution in [-0.4, -0.2) is 11.1 Å². The van der Waals surface area contributed by atoms with Crippen molar-refractivity contribution in [3.63, 3.8) is 0 Å². The van der Waals surface area contributed by atoms with Crippen molar-refractivity contribution in [1.82, 2.24) is 5.06 Å². The van der Waals surface area contributed by atoms with Crippen LogP contribution in [0.5, 0.6) is 0 Å².